The molecule has 0 atom stereocenters. The summed E-state index contributed by atoms with van der Waals surface area (Å²) < 4.78 is 8.59. The third-order valence-electron chi connectivity index (χ3n) is 5.92. The number of aryl methyl sites for hydroxylation is 2. The van der Waals surface area contributed by atoms with Crippen LogP contribution in [0.15, 0.2) is 23.0 Å². The van der Waals surface area contributed by atoms with E-state index in [2.05, 4.69) is 20.4 Å². The molecule has 0 spiro atoms. The number of hydrogen-bond acceptors (Lipinski definition) is 6. The van der Waals surface area contributed by atoms with Gasteiger partial charge >= 0.3 is 6.03 Å². The number of aromatic nitrogens is 4. The highest BCUT2D eigenvalue weighted by atomic mass is 16.5. The van der Waals surface area contributed by atoms with Gasteiger partial charge in [-0.1, -0.05) is 0 Å². The fraction of sp³-hybridized carbons (Fsp3) is 0.619. The molecule has 2 aliphatic rings. The fourth-order valence-electron chi connectivity index (χ4n) is 4.09. The van der Waals surface area contributed by atoms with E-state index in [1.165, 1.54) is 10.7 Å². The Kier molecular flexibility index (Phi) is 6.67. The maximum Gasteiger partial charge on any atom is 0.317 e. The first-order valence-electron chi connectivity index (χ1n) is 11.0. The largest absolute Gasteiger partial charge is 0.381 e. The normalized spacial score (nSPS) is 18.3. The molecule has 31 heavy (non-hydrogen) atoms. The van der Waals surface area contributed by atoms with Gasteiger partial charge in [0.15, 0.2) is 5.82 Å². The molecule has 2 saturated heterocycles. The lowest BCUT2D eigenvalue weighted by molar-refractivity contribution is 0.0759. The van der Waals surface area contributed by atoms with Crippen molar-refractivity contribution in [1.29, 1.82) is 0 Å². The third-order valence-corrected chi connectivity index (χ3v) is 5.92. The highest BCUT2D eigenvalue weighted by Crippen LogP contribution is 2.10. The number of urea groups is 1. The number of piperazine rings is 1. The summed E-state index contributed by atoms with van der Waals surface area (Å²) in [6, 6.07) is 5.45. The zero-order valence-electron chi connectivity index (χ0n) is 18.3. The number of carbonyl (C=O) groups is 1. The lowest BCUT2D eigenvalue weighted by atomic mass is 10.1. The smallest absolute Gasteiger partial charge is 0.317 e. The SMILES string of the molecule is Cc1cc(C)n(-c2ccc(=O)n(CCN3CCN(C(=O)NC4CCOCC4)CC3)n2)n1. The summed E-state index contributed by atoms with van der Waals surface area (Å²) in [5, 5.41) is 12.1. The van der Waals surface area contributed by atoms with Crippen LogP contribution in [-0.4, -0.2) is 87.4 Å². The molecule has 10 heteroatoms. The van der Waals surface area contributed by atoms with Crippen molar-refractivity contribution in [3.63, 3.8) is 0 Å². The Morgan fingerprint density at radius 1 is 1.10 bits per heavy atom. The summed E-state index contributed by atoms with van der Waals surface area (Å²) in [4.78, 5) is 28.9. The number of amides is 2. The zero-order valence-corrected chi connectivity index (χ0v) is 18.3. The Morgan fingerprint density at radius 3 is 2.52 bits per heavy atom. The van der Waals surface area contributed by atoms with Crippen LogP contribution in [0.1, 0.15) is 24.2 Å². The molecule has 2 amide bonds. The van der Waals surface area contributed by atoms with Gasteiger partial charge in [-0.15, -0.1) is 5.10 Å². The van der Waals surface area contributed by atoms with Crippen molar-refractivity contribution in [2.75, 3.05) is 45.9 Å². The third kappa shape index (κ3) is 5.31. The van der Waals surface area contributed by atoms with E-state index in [0.717, 1.165) is 37.3 Å². The lowest BCUT2D eigenvalue weighted by Gasteiger charge is -2.36. The average Bonchev–Trinajstić information content (AvgIpc) is 3.12. The molecule has 2 aromatic rings. The molecule has 0 radical (unpaired) electrons. The Labute approximate surface area is 181 Å². The summed E-state index contributed by atoms with van der Waals surface area (Å²) >= 11 is 0. The maximum atomic E-state index is 12.5. The first kappa shape index (κ1) is 21.5. The number of hydrogen-bond donors (Lipinski definition) is 1. The van der Waals surface area contributed by atoms with E-state index in [0.29, 0.717) is 45.2 Å². The van der Waals surface area contributed by atoms with Gasteiger partial charge in [0.1, 0.15) is 0 Å². The van der Waals surface area contributed by atoms with E-state index in [9.17, 15) is 9.59 Å². The molecule has 0 unspecified atom stereocenters. The van der Waals surface area contributed by atoms with E-state index in [1.807, 2.05) is 24.8 Å². The molecule has 4 heterocycles. The molecule has 168 valence electrons. The van der Waals surface area contributed by atoms with Crippen molar-refractivity contribution in [2.45, 2.75) is 39.3 Å². The number of carbonyl (C=O) groups excluding carboxylic acids is 1. The number of rotatable bonds is 5. The summed E-state index contributed by atoms with van der Waals surface area (Å²) in [6.07, 6.45) is 1.76. The van der Waals surface area contributed by atoms with E-state index >= 15 is 0 Å². The van der Waals surface area contributed by atoms with Gasteiger partial charge in [-0.05, 0) is 38.8 Å². The molecule has 10 nitrogen and oxygen atoms in total. The number of nitrogens with one attached hydrogen (secondary N) is 1. The summed E-state index contributed by atoms with van der Waals surface area (Å²) in [7, 11) is 0. The van der Waals surface area contributed by atoms with Gasteiger partial charge in [-0.25, -0.2) is 14.2 Å². The quantitative estimate of drug-likeness (QED) is 0.746. The van der Waals surface area contributed by atoms with Gasteiger partial charge in [-0.2, -0.15) is 5.10 Å². The molecule has 0 aromatic carbocycles. The Hall–Kier alpha value is -2.72. The van der Waals surface area contributed by atoms with Crippen LogP contribution in [0.25, 0.3) is 5.82 Å². The Bertz CT molecular complexity index is 956. The van der Waals surface area contributed by atoms with Crippen molar-refractivity contribution in [3.05, 3.63) is 39.9 Å². The van der Waals surface area contributed by atoms with Crippen LogP contribution in [0.4, 0.5) is 4.79 Å². The van der Waals surface area contributed by atoms with Gasteiger partial charge in [0.25, 0.3) is 5.56 Å². The molecule has 2 fully saturated rings. The minimum Gasteiger partial charge on any atom is -0.381 e. The van der Waals surface area contributed by atoms with Crippen LogP contribution in [0.2, 0.25) is 0 Å². The highest BCUT2D eigenvalue weighted by molar-refractivity contribution is 5.74. The van der Waals surface area contributed by atoms with Crippen molar-refractivity contribution in [1.82, 2.24) is 34.7 Å². The second-order valence-electron chi connectivity index (χ2n) is 8.26. The van der Waals surface area contributed by atoms with Crippen LogP contribution in [0.5, 0.6) is 0 Å². The number of ether oxygens (including phenoxy) is 1. The molecule has 0 aliphatic carbocycles. The van der Waals surface area contributed by atoms with Gasteiger partial charge < -0.3 is 15.0 Å². The fourth-order valence-corrected chi connectivity index (χ4v) is 4.09. The van der Waals surface area contributed by atoms with E-state index in [4.69, 9.17) is 4.74 Å². The number of nitrogens with zero attached hydrogens (tertiary/aromatic N) is 6. The summed E-state index contributed by atoms with van der Waals surface area (Å²) in [6.45, 7) is 9.48. The van der Waals surface area contributed by atoms with Crippen LogP contribution >= 0.6 is 0 Å². The van der Waals surface area contributed by atoms with Crippen LogP contribution in [0, 0.1) is 13.8 Å². The van der Waals surface area contributed by atoms with Crippen LogP contribution < -0.4 is 10.9 Å². The minimum absolute atomic E-state index is 0.0158. The molecular formula is C21H31N7O3. The van der Waals surface area contributed by atoms with Crippen molar-refractivity contribution in [3.8, 4) is 5.82 Å². The van der Waals surface area contributed by atoms with Gasteiger partial charge in [0, 0.05) is 63.7 Å². The standard InChI is InChI=1S/C21H31N7O3/c1-16-15-17(2)28(23-16)19-3-4-20(29)27(24-19)12-9-25-7-10-26(11-8-25)21(30)22-18-5-13-31-14-6-18/h3-4,15,18H,5-14H2,1-2H3,(H,22,30). The monoisotopic (exact) mass is 429 g/mol. The van der Waals surface area contributed by atoms with Crippen molar-refractivity contribution < 1.29 is 9.53 Å². The highest BCUT2D eigenvalue weighted by Gasteiger charge is 2.24. The molecule has 1 N–H and O–H groups in total. The lowest BCUT2D eigenvalue weighted by Crippen LogP contribution is -2.54. The molecule has 2 aromatic heterocycles. The van der Waals surface area contributed by atoms with E-state index < -0.39 is 0 Å². The second kappa shape index (κ2) is 9.61. The van der Waals surface area contributed by atoms with E-state index in [-0.39, 0.29) is 17.6 Å². The first-order valence-corrected chi connectivity index (χ1v) is 11.0. The molecular weight excluding hydrogens is 398 g/mol. The Balaban J connectivity index is 1.28. The average molecular weight is 430 g/mol. The van der Waals surface area contributed by atoms with Gasteiger partial charge in [-0.3, -0.25) is 9.69 Å². The molecule has 2 aliphatic heterocycles. The van der Waals surface area contributed by atoms with Crippen molar-refractivity contribution in [2.24, 2.45) is 0 Å². The maximum absolute atomic E-state index is 12.5. The molecule has 4 rings (SSSR count). The Morgan fingerprint density at radius 2 is 1.84 bits per heavy atom. The van der Waals surface area contributed by atoms with Gasteiger partial charge in [0.05, 0.1) is 12.2 Å². The molecule has 0 bridgehead atoms. The predicted octanol–water partition coefficient (Wildman–Crippen LogP) is 0.552. The topological polar surface area (TPSA) is 97.5 Å². The first-order chi connectivity index (χ1) is 15.0. The van der Waals surface area contributed by atoms with Gasteiger partial charge in [0.2, 0.25) is 0 Å². The zero-order chi connectivity index (χ0) is 21.8. The van der Waals surface area contributed by atoms with Crippen molar-refractivity contribution >= 4 is 6.03 Å². The van der Waals surface area contributed by atoms with Crippen LogP contribution in [-0.2, 0) is 11.3 Å². The van der Waals surface area contributed by atoms with E-state index in [1.54, 1.807) is 10.7 Å². The summed E-state index contributed by atoms with van der Waals surface area (Å²) in [5.74, 6) is 0.639. The molecule has 0 saturated carbocycles. The minimum atomic E-state index is -0.125. The second-order valence-corrected chi connectivity index (χ2v) is 8.26. The predicted molar refractivity (Wildman–Crippen MR) is 115 cm³/mol. The summed E-state index contributed by atoms with van der Waals surface area (Å²) in [5.41, 5.74) is 1.76. The van der Waals surface area contributed by atoms with Crippen LogP contribution in [0.3, 0.4) is 0 Å².